The molecular weight excluding hydrogens is 416 g/mol. The molecule has 2 heterocycles. The molecule has 0 fully saturated rings. The lowest BCUT2D eigenvalue weighted by molar-refractivity contribution is -0.132. The summed E-state index contributed by atoms with van der Waals surface area (Å²) in [5, 5.41) is 4.90. The quantitative estimate of drug-likeness (QED) is 0.521. The first-order valence-corrected chi connectivity index (χ1v) is 10.8. The molecule has 0 N–H and O–H groups in total. The van der Waals surface area contributed by atoms with Crippen molar-refractivity contribution in [1.29, 1.82) is 0 Å². The average molecular weight is 441 g/mol. The molecule has 1 amide bonds. The Morgan fingerprint density at radius 3 is 2.74 bits per heavy atom. The second kappa shape index (κ2) is 9.43. The van der Waals surface area contributed by atoms with Gasteiger partial charge in [-0.3, -0.25) is 4.79 Å². The van der Waals surface area contributed by atoms with Crippen molar-refractivity contribution in [2.45, 2.75) is 32.7 Å². The van der Waals surface area contributed by atoms with Gasteiger partial charge in [0.2, 0.25) is 5.91 Å². The molecule has 1 aromatic heterocycles. The lowest BCUT2D eigenvalue weighted by Gasteiger charge is -2.26. The van der Waals surface area contributed by atoms with Gasteiger partial charge in [0.1, 0.15) is 5.69 Å². The van der Waals surface area contributed by atoms with E-state index in [-0.39, 0.29) is 5.91 Å². The van der Waals surface area contributed by atoms with Crippen LogP contribution in [0.25, 0.3) is 11.3 Å². The van der Waals surface area contributed by atoms with Crippen molar-refractivity contribution in [1.82, 2.24) is 10.1 Å². The number of amides is 1. The zero-order chi connectivity index (χ0) is 21.8. The Morgan fingerprint density at radius 2 is 2.00 bits per heavy atom. The molecule has 0 aliphatic carbocycles. The first kappa shape index (κ1) is 21.2. The van der Waals surface area contributed by atoms with E-state index >= 15 is 0 Å². The van der Waals surface area contributed by atoms with Crippen molar-refractivity contribution >= 4 is 17.5 Å². The minimum absolute atomic E-state index is 0.106. The topological polar surface area (TPSA) is 64.8 Å². The van der Waals surface area contributed by atoms with Gasteiger partial charge in [-0.2, -0.15) is 0 Å². The van der Waals surface area contributed by atoms with Crippen LogP contribution in [0.5, 0.6) is 11.5 Å². The standard InChI is InChI=1S/C24H25ClN2O4/c1-3-30-21-10-4-16(14-22(21)29-2)5-11-23(28)27-13-12-19-20(15-27)26-31-24(19)17-6-8-18(25)9-7-17/h4,6-10,14H,3,5,11-13,15H2,1-2H3. The van der Waals surface area contributed by atoms with Crippen LogP contribution in [0.2, 0.25) is 5.02 Å². The molecule has 2 aromatic carbocycles. The lowest BCUT2D eigenvalue weighted by Crippen LogP contribution is -2.36. The number of aryl methyl sites for hydroxylation is 1. The number of hydrogen-bond acceptors (Lipinski definition) is 5. The lowest BCUT2D eigenvalue weighted by atomic mass is 10.00. The van der Waals surface area contributed by atoms with E-state index in [9.17, 15) is 4.79 Å². The minimum Gasteiger partial charge on any atom is -0.493 e. The van der Waals surface area contributed by atoms with E-state index < -0.39 is 0 Å². The van der Waals surface area contributed by atoms with Crippen LogP contribution >= 0.6 is 11.6 Å². The van der Waals surface area contributed by atoms with Crippen molar-refractivity contribution in [3.63, 3.8) is 0 Å². The van der Waals surface area contributed by atoms with Crippen LogP contribution in [0.4, 0.5) is 0 Å². The summed E-state index contributed by atoms with van der Waals surface area (Å²) >= 11 is 5.98. The summed E-state index contributed by atoms with van der Waals surface area (Å²) in [6.07, 6.45) is 1.79. The van der Waals surface area contributed by atoms with Gasteiger partial charge in [0.15, 0.2) is 17.3 Å². The number of benzene rings is 2. The number of hydrogen-bond donors (Lipinski definition) is 0. The van der Waals surface area contributed by atoms with Gasteiger partial charge >= 0.3 is 0 Å². The highest BCUT2D eigenvalue weighted by atomic mass is 35.5. The van der Waals surface area contributed by atoms with Crippen molar-refractivity contribution in [3.8, 4) is 22.8 Å². The predicted molar refractivity (Wildman–Crippen MR) is 119 cm³/mol. The van der Waals surface area contributed by atoms with E-state index in [2.05, 4.69) is 5.16 Å². The van der Waals surface area contributed by atoms with Gasteiger partial charge in [0.25, 0.3) is 0 Å². The second-order valence-corrected chi connectivity index (χ2v) is 7.86. The van der Waals surface area contributed by atoms with Gasteiger partial charge in [-0.25, -0.2) is 0 Å². The van der Waals surface area contributed by atoms with Crippen LogP contribution in [0.3, 0.4) is 0 Å². The van der Waals surface area contributed by atoms with Gasteiger partial charge in [0.05, 0.1) is 20.3 Å². The number of fused-ring (bicyclic) bond motifs is 1. The Balaban J connectivity index is 1.39. The highest BCUT2D eigenvalue weighted by molar-refractivity contribution is 6.30. The highest BCUT2D eigenvalue weighted by Crippen LogP contribution is 2.32. The molecule has 1 aliphatic rings. The largest absolute Gasteiger partial charge is 0.493 e. The Kier molecular flexibility index (Phi) is 6.47. The number of aromatic nitrogens is 1. The van der Waals surface area contributed by atoms with Crippen LogP contribution in [-0.4, -0.2) is 36.2 Å². The van der Waals surface area contributed by atoms with Gasteiger partial charge in [-0.15, -0.1) is 0 Å². The van der Waals surface area contributed by atoms with Crippen LogP contribution in [0.1, 0.15) is 30.2 Å². The number of methoxy groups -OCH3 is 1. The average Bonchev–Trinajstić information content (AvgIpc) is 3.22. The molecule has 0 spiro atoms. The van der Waals surface area contributed by atoms with E-state index in [1.54, 1.807) is 7.11 Å². The maximum absolute atomic E-state index is 12.8. The summed E-state index contributed by atoms with van der Waals surface area (Å²) in [4.78, 5) is 14.7. The highest BCUT2D eigenvalue weighted by Gasteiger charge is 2.27. The fourth-order valence-electron chi connectivity index (χ4n) is 3.82. The Hall–Kier alpha value is -2.99. The Bertz CT molecular complexity index is 1060. The van der Waals surface area contributed by atoms with Gasteiger partial charge in [0, 0.05) is 29.1 Å². The fourth-order valence-corrected chi connectivity index (χ4v) is 3.95. The third kappa shape index (κ3) is 4.69. The molecule has 0 saturated carbocycles. The Morgan fingerprint density at radius 1 is 1.19 bits per heavy atom. The first-order valence-electron chi connectivity index (χ1n) is 10.4. The summed E-state index contributed by atoms with van der Waals surface area (Å²) < 4.78 is 16.6. The SMILES string of the molecule is CCOc1ccc(CCC(=O)N2CCc3c(noc3-c3ccc(Cl)cc3)C2)cc1OC. The molecule has 31 heavy (non-hydrogen) atoms. The summed E-state index contributed by atoms with van der Waals surface area (Å²) in [5.74, 6) is 2.27. The van der Waals surface area contributed by atoms with Crippen molar-refractivity contribution in [2.24, 2.45) is 0 Å². The number of nitrogens with zero attached hydrogens (tertiary/aromatic N) is 2. The Labute approximate surface area is 186 Å². The number of halogens is 1. The first-order chi connectivity index (χ1) is 15.1. The summed E-state index contributed by atoms with van der Waals surface area (Å²) in [6, 6.07) is 13.3. The molecule has 3 aromatic rings. The van der Waals surface area contributed by atoms with E-state index in [4.69, 9.17) is 25.6 Å². The van der Waals surface area contributed by atoms with E-state index in [0.29, 0.717) is 49.1 Å². The minimum atomic E-state index is 0.106. The van der Waals surface area contributed by atoms with Crippen molar-refractivity contribution in [2.75, 3.05) is 20.3 Å². The molecule has 6 nitrogen and oxygen atoms in total. The third-order valence-electron chi connectivity index (χ3n) is 5.46. The molecule has 0 radical (unpaired) electrons. The van der Waals surface area contributed by atoms with Crippen molar-refractivity contribution < 1.29 is 18.8 Å². The molecule has 7 heteroatoms. The molecular formula is C24H25ClN2O4. The monoisotopic (exact) mass is 440 g/mol. The zero-order valence-corrected chi connectivity index (χ0v) is 18.4. The smallest absolute Gasteiger partial charge is 0.223 e. The van der Waals surface area contributed by atoms with E-state index in [1.807, 2.05) is 54.3 Å². The maximum Gasteiger partial charge on any atom is 0.223 e. The van der Waals surface area contributed by atoms with Gasteiger partial charge < -0.3 is 18.9 Å². The fraction of sp³-hybridized carbons (Fsp3) is 0.333. The molecule has 0 unspecified atom stereocenters. The number of carbonyl (C=O) groups is 1. The predicted octanol–water partition coefficient (Wildman–Crippen LogP) is 4.92. The molecule has 162 valence electrons. The molecule has 0 bridgehead atoms. The molecule has 1 aliphatic heterocycles. The molecule has 4 rings (SSSR count). The molecule has 0 atom stereocenters. The zero-order valence-electron chi connectivity index (χ0n) is 17.7. The summed E-state index contributed by atoms with van der Waals surface area (Å²) in [5.41, 5.74) is 3.88. The second-order valence-electron chi connectivity index (χ2n) is 7.43. The summed E-state index contributed by atoms with van der Waals surface area (Å²) in [7, 11) is 1.62. The number of carbonyl (C=O) groups excluding carboxylic acids is 1. The van der Waals surface area contributed by atoms with E-state index in [1.165, 1.54) is 0 Å². The number of ether oxygens (including phenoxy) is 2. The summed E-state index contributed by atoms with van der Waals surface area (Å²) in [6.45, 7) is 3.63. The van der Waals surface area contributed by atoms with Crippen molar-refractivity contribution in [3.05, 3.63) is 64.3 Å². The normalized spacial score (nSPS) is 13.1. The van der Waals surface area contributed by atoms with Crippen LogP contribution in [0, 0.1) is 0 Å². The van der Waals surface area contributed by atoms with Crippen LogP contribution in [-0.2, 0) is 24.2 Å². The van der Waals surface area contributed by atoms with Crippen LogP contribution < -0.4 is 9.47 Å². The third-order valence-corrected chi connectivity index (χ3v) is 5.71. The number of rotatable bonds is 7. The maximum atomic E-state index is 12.8. The van der Waals surface area contributed by atoms with Gasteiger partial charge in [-0.05, 0) is 61.7 Å². The van der Waals surface area contributed by atoms with Gasteiger partial charge in [-0.1, -0.05) is 22.8 Å². The van der Waals surface area contributed by atoms with E-state index in [0.717, 1.165) is 34.6 Å². The van der Waals surface area contributed by atoms with Crippen LogP contribution in [0.15, 0.2) is 47.0 Å². The molecule has 0 saturated heterocycles.